The number of benzene rings is 1. The summed E-state index contributed by atoms with van der Waals surface area (Å²) in [5, 5.41) is 3.96. The zero-order chi connectivity index (χ0) is 17.3. The third-order valence-electron chi connectivity index (χ3n) is 6.42. The van der Waals surface area contributed by atoms with Gasteiger partial charge in [0.1, 0.15) is 0 Å². The number of amides is 1. The number of rotatable bonds is 6. The quantitative estimate of drug-likeness (QED) is 0.658. The van der Waals surface area contributed by atoms with Gasteiger partial charge in [0.25, 0.3) is 0 Å². The van der Waals surface area contributed by atoms with Crippen LogP contribution in [0.1, 0.15) is 51.2 Å². The van der Waals surface area contributed by atoms with Gasteiger partial charge in [-0.3, -0.25) is 0 Å². The van der Waals surface area contributed by atoms with Crippen molar-refractivity contribution in [3.05, 3.63) is 28.3 Å². The van der Waals surface area contributed by atoms with Crippen molar-refractivity contribution in [1.29, 1.82) is 0 Å². The van der Waals surface area contributed by atoms with Crippen LogP contribution in [0.5, 0.6) is 0 Å². The van der Waals surface area contributed by atoms with Gasteiger partial charge in [-0.1, -0.05) is 0 Å². The molecule has 4 heteroatoms. The molecule has 0 aliphatic heterocycles. The minimum absolute atomic E-state index is 0.0657. The van der Waals surface area contributed by atoms with Crippen molar-refractivity contribution in [2.24, 2.45) is 0 Å². The van der Waals surface area contributed by atoms with Crippen molar-refractivity contribution >= 4 is 30.5 Å². The molecule has 0 aromatic heterocycles. The van der Waals surface area contributed by atoms with Crippen molar-refractivity contribution in [3.63, 3.8) is 0 Å². The molecule has 0 unspecified atom stereocenters. The van der Waals surface area contributed by atoms with Crippen LogP contribution in [0.4, 0.5) is 5.69 Å². The summed E-state index contributed by atoms with van der Waals surface area (Å²) in [5.74, 6) is 0.273. The Morgan fingerprint density at radius 3 is 1.96 bits per heavy atom. The zero-order valence-corrected chi connectivity index (χ0v) is 16.9. The Morgan fingerprint density at radius 2 is 1.61 bits per heavy atom. The molecular weight excluding hydrogens is 325 g/mol. The van der Waals surface area contributed by atoms with Gasteiger partial charge in [-0.25, -0.2) is 0 Å². The second-order valence-corrected chi connectivity index (χ2v) is 13.2. The standard InChI is InChI=1S/C19H31ClNOP/c1-6-23(7-2,8-3)19(10-9-11-19)18(22)21-17-14(4)12-16(20)13-15(17)5/h12-13,23H,6-11H2,1-5H3,(H,21,22). The predicted octanol–water partition coefficient (Wildman–Crippen LogP) is 5.63. The maximum absolute atomic E-state index is 13.3. The fraction of sp³-hybridized carbons (Fsp3) is 0.632. The molecule has 1 saturated carbocycles. The van der Waals surface area contributed by atoms with E-state index >= 15 is 0 Å². The molecule has 0 saturated heterocycles. The van der Waals surface area contributed by atoms with E-state index in [2.05, 4.69) is 26.1 Å². The molecule has 0 radical (unpaired) electrons. The van der Waals surface area contributed by atoms with E-state index in [1.807, 2.05) is 26.0 Å². The molecule has 0 spiro atoms. The molecule has 1 N–H and O–H groups in total. The van der Waals surface area contributed by atoms with Crippen molar-refractivity contribution < 1.29 is 4.79 Å². The van der Waals surface area contributed by atoms with Crippen LogP contribution in [-0.4, -0.2) is 29.5 Å². The van der Waals surface area contributed by atoms with Gasteiger partial charge in [-0.15, -0.1) is 0 Å². The van der Waals surface area contributed by atoms with Crippen LogP contribution in [0.15, 0.2) is 12.1 Å². The van der Waals surface area contributed by atoms with E-state index in [4.69, 9.17) is 11.6 Å². The minimum atomic E-state index is -1.58. The molecule has 1 amide bonds. The topological polar surface area (TPSA) is 29.1 Å². The summed E-state index contributed by atoms with van der Waals surface area (Å²) >= 11 is 6.12. The van der Waals surface area contributed by atoms with Crippen molar-refractivity contribution in [1.82, 2.24) is 0 Å². The van der Waals surface area contributed by atoms with Crippen molar-refractivity contribution in [2.75, 3.05) is 23.8 Å². The normalized spacial score (nSPS) is 17.5. The van der Waals surface area contributed by atoms with E-state index < -0.39 is 7.26 Å². The van der Waals surface area contributed by atoms with E-state index in [1.165, 1.54) is 24.9 Å². The average molecular weight is 356 g/mol. The molecule has 23 heavy (non-hydrogen) atoms. The first-order valence-corrected chi connectivity index (χ1v) is 11.9. The third-order valence-corrected chi connectivity index (χ3v) is 13.5. The van der Waals surface area contributed by atoms with Gasteiger partial charge in [0, 0.05) is 0 Å². The first-order chi connectivity index (χ1) is 10.9. The van der Waals surface area contributed by atoms with Crippen LogP contribution in [0, 0.1) is 13.8 Å². The number of anilines is 1. The molecule has 0 bridgehead atoms. The summed E-state index contributed by atoms with van der Waals surface area (Å²) in [6.07, 6.45) is 6.95. The maximum atomic E-state index is 13.3. The summed E-state index contributed by atoms with van der Waals surface area (Å²) in [6, 6.07) is 3.86. The number of carbonyl (C=O) groups is 1. The Kier molecular flexibility index (Phi) is 5.80. The first kappa shape index (κ1) is 18.7. The van der Waals surface area contributed by atoms with Gasteiger partial charge in [0.05, 0.1) is 0 Å². The van der Waals surface area contributed by atoms with Crippen LogP contribution in [-0.2, 0) is 4.79 Å². The van der Waals surface area contributed by atoms with E-state index in [0.717, 1.165) is 34.7 Å². The van der Waals surface area contributed by atoms with Crippen molar-refractivity contribution in [3.8, 4) is 0 Å². The van der Waals surface area contributed by atoms with Gasteiger partial charge in [-0.2, -0.15) is 0 Å². The molecule has 1 aromatic rings. The number of halogens is 1. The monoisotopic (exact) mass is 355 g/mol. The number of hydrogen-bond acceptors (Lipinski definition) is 1. The molecule has 1 aliphatic rings. The molecule has 2 nitrogen and oxygen atoms in total. The summed E-state index contributed by atoms with van der Waals surface area (Å²) < 4.78 is 0. The molecule has 0 atom stereocenters. The SMILES string of the molecule is CC[PH](CC)(CC)C1(C(=O)Nc2c(C)cc(Cl)cc2C)CCC1. The Morgan fingerprint density at radius 1 is 1.13 bits per heavy atom. The van der Waals surface area contributed by atoms with Crippen LogP contribution < -0.4 is 5.32 Å². The van der Waals surface area contributed by atoms with E-state index in [-0.39, 0.29) is 11.1 Å². The van der Waals surface area contributed by atoms with E-state index in [0.29, 0.717) is 0 Å². The predicted molar refractivity (Wildman–Crippen MR) is 106 cm³/mol. The van der Waals surface area contributed by atoms with Crippen LogP contribution in [0.25, 0.3) is 0 Å². The Balaban J connectivity index is 2.35. The Labute approximate surface area is 146 Å². The second-order valence-electron chi connectivity index (χ2n) is 7.15. The molecule has 0 heterocycles. The molecule has 130 valence electrons. The van der Waals surface area contributed by atoms with Gasteiger partial charge in [-0.05, 0) is 0 Å². The zero-order valence-electron chi connectivity index (χ0n) is 15.2. The summed E-state index contributed by atoms with van der Waals surface area (Å²) in [5.41, 5.74) is 3.06. The number of carbonyl (C=O) groups excluding carboxylic acids is 1. The first-order valence-electron chi connectivity index (χ1n) is 8.94. The second kappa shape index (κ2) is 7.11. The van der Waals surface area contributed by atoms with E-state index in [1.54, 1.807) is 0 Å². The van der Waals surface area contributed by atoms with Crippen molar-refractivity contribution in [2.45, 2.75) is 59.0 Å². The van der Waals surface area contributed by atoms with Crippen LogP contribution >= 0.6 is 18.9 Å². The molecular formula is C19H31ClNOP. The number of aryl methyl sites for hydroxylation is 2. The number of nitrogens with one attached hydrogen (secondary N) is 1. The van der Waals surface area contributed by atoms with E-state index in [9.17, 15) is 4.79 Å². The fourth-order valence-electron chi connectivity index (χ4n) is 4.63. The average Bonchev–Trinajstić information content (AvgIpc) is 2.46. The fourth-order valence-corrected chi connectivity index (χ4v) is 10.5. The van der Waals surface area contributed by atoms with Crippen LogP contribution in [0.2, 0.25) is 5.02 Å². The van der Waals surface area contributed by atoms with Gasteiger partial charge in [0.2, 0.25) is 0 Å². The van der Waals surface area contributed by atoms with Gasteiger partial charge < -0.3 is 0 Å². The summed E-state index contributed by atoms with van der Waals surface area (Å²) in [7, 11) is -1.58. The number of hydrogen-bond donors (Lipinski definition) is 1. The third kappa shape index (κ3) is 3.05. The van der Waals surface area contributed by atoms with Gasteiger partial charge in [0.15, 0.2) is 0 Å². The summed E-state index contributed by atoms with van der Waals surface area (Å²) in [4.78, 5) is 13.3. The molecule has 1 aromatic carbocycles. The van der Waals surface area contributed by atoms with Gasteiger partial charge >= 0.3 is 146 Å². The molecule has 2 rings (SSSR count). The molecule has 1 fully saturated rings. The Bertz CT molecular complexity index is 560. The Hall–Kier alpha value is -0.590. The molecule has 1 aliphatic carbocycles. The summed E-state index contributed by atoms with van der Waals surface area (Å²) in [6.45, 7) is 10.9. The van der Waals surface area contributed by atoms with Crippen LogP contribution in [0.3, 0.4) is 0 Å².